The highest BCUT2D eigenvalue weighted by Gasteiger charge is 2.36. The van der Waals surface area contributed by atoms with Gasteiger partial charge in [0.15, 0.2) is 0 Å². The molecule has 0 bridgehead atoms. The lowest BCUT2D eigenvalue weighted by atomic mass is 9.97. The Morgan fingerprint density at radius 1 is 1.44 bits per heavy atom. The van der Waals surface area contributed by atoms with Crippen LogP contribution in [0.3, 0.4) is 0 Å². The van der Waals surface area contributed by atoms with Crippen LogP contribution in [0.4, 0.5) is 0 Å². The first kappa shape index (κ1) is 13.3. The van der Waals surface area contributed by atoms with Gasteiger partial charge in [0.05, 0.1) is 5.92 Å². The zero-order valence-corrected chi connectivity index (χ0v) is 11.0. The summed E-state index contributed by atoms with van der Waals surface area (Å²) in [5, 5.41) is 9.18. The monoisotopic (exact) mass is 254 g/mol. The number of hydrogen-bond donors (Lipinski definition) is 1. The first-order valence-electron chi connectivity index (χ1n) is 6.83. The van der Waals surface area contributed by atoms with E-state index in [0.717, 1.165) is 19.4 Å². The van der Waals surface area contributed by atoms with Gasteiger partial charge in [-0.25, -0.2) is 0 Å². The fourth-order valence-electron chi connectivity index (χ4n) is 2.92. The number of piperidine rings is 1. The average molecular weight is 254 g/mol. The predicted molar refractivity (Wildman–Crippen MR) is 66.8 cm³/mol. The van der Waals surface area contributed by atoms with E-state index in [2.05, 4.69) is 0 Å². The van der Waals surface area contributed by atoms with Gasteiger partial charge in [-0.05, 0) is 25.7 Å². The topological polar surface area (TPSA) is 60.9 Å². The molecular weight excluding hydrogens is 232 g/mol. The first-order chi connectivity index (χ1) is 8.65. The number of aliphatic hydroxyl groups excluding tert-OH is 1. The minimum absolute atomic E-state index is 0.0894. The van der Waals surface area contributed by atoms with Gasteiger partial charge in [0.2, 0.25) is 11.8 Å². The maximum absolute atomic E-state index is 12.3. The lowest BCUT2D eigenvalue weighted by molar-refractivity contribution is -0.137. The molecule has 2 rings (SSSR count). The Labute approximate surface area is 108 Å². The van der Waals surface area contributed by atoms with Gasteiger partial charge in [-0.2, -0.15) is 0 Å². The van der Waals surface area contributed by atoms with Gasteiger partial charge in [0.1, 0.15) is 0 Å². The summed E-state index contributed by atoms with van der Waals surface area (Å²) >= 11 is 0. The highest BCUT2D eigenvalue weighted by atomic mass is 16.3. The Morgan fingerprint density at radius 3 is 2.83 bits per heavy atom. The Balaban J connectivity index is 1.93. The molecule has 0 spiro atoms. The molecule has 2 amide bonds. The molecule has 2 heterocycles. The SMILES string of the molecule is CCN1CC(C(=O)N2CCCC(CO)C2)CC1=O. The molecule has 102 valence electrons. The molecule has 0 radical (unpaired) electrons. The quantitative estimate of drug-likeness (QED) is 0.776. The highest BCUT2D eigenvalue weighted by molar-refractivity contribution is 5.89. The van der Waals surface area contributed by atoms with Crippen molar-refractivity contribution in [2.24, 2.45) is 11.8 Å². The number of nitrogens with zero attached hydrogens (tertiary/aromatic N) is 2. The molecule has 0 aromatic heterocycles. The van der Waals surface area contributed by atoms with Crippen molar-refractivity contribution in [3.05, 3.63) is 0 Å². The van der Waals surface area contributed by atoms with Crippen LogP contribution in [0, 0.1) is 11.8 Å². The Kier molecular flexibility index (Phi) is 4.22. The molecule has 0 aromatic carbocycles. The molecule has 18 heavy (non-hydrogen) atoms. The molecule has 2 atom stereocenters. The van der Waals surface area contributed by atoms with Crippen LogP contribution >= 0.6 is 0 Å². The second-order valence-corrected chi connectivity index (χ2v) is 5.31. The molecular formula is C13H22N2O3. The molecule has 2 aliphatic rings. The predicted octanol–water partition coefficient (Wildman–Crippen LogP) is 0.0857. The molecule has 5 heteroatoms. The Bertz CT molecular complexity index is 332. The minimum Gasteiger partial charge on any atom is -0.396 e. The van der Waals surface area contributed by atoms with E-state index >= 15 is 0 Å². The normalized spacial score (nSPS) is 28.9. The third kappa shape index (κ3) is 2.66. The summed E-state index contributed by atoms with van der Waals surface area (Å²) < 4.78 is 0. The fourth-order valence-corrected chi connectivity index (χ4v) is 2.92. The number of likely N-dealkylation sites (tertiary alicyclic amines) is 2. The Morgan fingerprint density at radius 2 is 2.22 bits per heavy atom. The summed E-state index contributed by atoms with van der Waals surface area (Å²) in [6.45, 7) is 4.75. The van der Waals surface area contributed by atoms with E-state index in [9.17, 15) is 14.7 Å². The number of hydrogen-bond acceptors (Lipinski definition) is 3. The van der Waals surface area contributed by atoms with Gasteiger partial charge < -0.3 is 14.9 Å². The van der Waals surface area contributed by atoms with Crippen molar-refractivity contribution >= 4 is 11.8 Å². The van der Waals surface area contributed by atoms with Gasteiger partial charge >= 0.3 is 0 Å². The lowest BCUT2D eigenvalue weighted by Gasteiger charge is -2.33. The van der Waals surface area contributed by atoms with Gasteiger partial charge in [-0.3, -0.25) is 9.59 Å². The summed E-state index contributed by atoms with van der Waals surface area (Å²) in [7, 11) is 0. The van der Waals surface area contributed by atoms with Crippen LogP contribution in [0.1, 0.15) is 26.2 Å². The summed E-state index contributed by atoms with van der Waals surface area (Å²) in [5.41, 5.74) is 0. The van der Waals surface area contributed by atoms with Crippen LogP contribution in [0.2, 0.25) is 0 Å². The van der Waals surface area contributed by atoms with E-state index < -0.39 is 0 Å². The van der Waals surface area contributed by atoms with Crippen molar-refractivity contribution in [2.75, 3.05) is 32.8 Å². The molecule has 0 aromatic rings. The van der Waals surface area contributed by atoms with Crippen molar-refractivity contribution in [2.45, 2.75) is 26.2 Å². The third-order valence-electron chi connectivity index (χ3n) is 4.03. The zero-order chi connectivity index (χ0) is 13.1. The molecule has 2 unspecified atom stereocenters. The molecule has 5 nitrogen and oxygen atoms in total. The molecule has 2 saturated heterocycles. The van der Waals surface area contributed by atoms with E-state index in [1.807, 2.05) is 11.8 Å². The molecule has 2 fully saturated rings. The maximum Gasteiger partial charge on any atom is 0.228 e. The van der Waals surface area contributed by atoms with Crippen LogP contribution in [0.15, 0.2) is 0 Å². The van der Waals surface area contributed by atoms with Gasteiger partial charge in [0, 0.05) is 39.2 Å². The maximum atomic E-state index is 12.3. The first-order valence-corrected chi connectivity index (χ1v) is 6.83. The van der Waals surface area contributed by atoms with E-state index in [0.29, 0.717) is 26.1 Å². The number of carbonyl (C=O) groups is 2. The second-order valence-electron chi connectivity index (χ2n) is 5.31. The zero-order valence-electron chi connectivity index (χ0n) is 11.0. The van der Waals surface area contributed by atoms with Gasteiger partial charge in [-0.1, -0.05) is 0 Å². The summed E-state index contributed by atoms with van der Waals surface area (Å²) in [5.74, 6) is 0.223. The second kappa shape index (κ2) is 5.69. The van der Waals surface area contributed by atoms with E-state index in [1.165, 1.54) is 0 Å². The number of amides is 2. The molecule has 0 saturated carbocycles. The van der Waals surface area contributed by atoms with E-state index in [-0.39, 0.29) is 30.3 Å². The fraction of sp³-hybridized carbons (Fsp3) is 0.846. The van der Waals surface area contributed by atoms with Crippen LogP contribution in [-0.2, 0) is 9.59 Å². The van der Waals surface area contributed by atoms with Gasteiger partial charge in [-0.15, -0.1) is 0 Å². The van der Waals surface area contributed by atoms with E-state index in [4.69, 9.17) is 0 Å². The minimum atomic E-state index is -0.171. The Hall–Kier alpha value is -1.10. The van der Waals surface area contributed by atoms with Crippen LogP contribution in [0.25, 0.3) is 0 Å². The highest BCUT2D eigenvalue weighted by Crippen LogP contribution is 2.23. The summed E-state index contributed by atoms with van der Waals surface area (Å²) in [6.07, 6.45) is 2.30. The summed E-state index contributed by atoms with van der Waals surface area (Å²) in [6, 6.07) is 0. The number of rotatable bonds is 3. The van der Waals surface area contributed by atoms with Crippen LogP contribution < -0.4 is 0 Å². The van der Waals surface area contributed by atoms with Crippen molar-refractivity contribution in [1.82, 2.24) is 9.80 Å². The number of aliphatic hydroxyl groups is 1. The van der Waals surface area contributed by atoms with Crippen LogP contribution in [0.5, 0.6) is 0 Å². The smallest absolute Gasteiger partial charge is 0.228 e. The lowest BCUT2D eigenvalue weighted by Crippen LogP contribution is -2.44. The standard InChI is InChI=1S/C13H22N2O3/c1-2-14-8-11(6-12(14)17)13(18)15-5-3-4-10(7-15)9-16/h10-11,16H,2-9H2,1H3. The van der Waals surface area contributed by atoms with Crippen molar-refractivity contribution in [3.63, 3.8) is 0 Å². The largest absolute Gasteiger partial charge is 0.396 e. The number of carbonyl (C=O) groups excluding carboxylic acids is 2. The van der Waals surface area contributed by atoms with Crippen LogP contribution in [-0.4, -0.2) is 59.5 Å². The third-order valence-corrected chi connectivity index (χ3v) is 4.03. The average Bonchev–Trinajstić information content (AvgIpc) is 2.79. The van der Waals surface area contributed by atoms with Gasteiger partial charge in [0.25, 0.3) is 0 Å². The van der Waals surface area contributed by atoms with Crippen molar-refractivity contribution < 1.29 is 14.7 Å². The molecule has 1 N–H and O–H groups in total. The summed E-state index contributed by atoms with van der Waals surface area (Å²) in [4.78, 5) is 27.6. The van der Waals surface area contributed by atoms with E-state index in [1.54, 1.807) is 4.90 Å². The van der Waals surface area contributed by atoms with Crippen molar-refractivity contribution in [1.29, 1.82) is 0 Å². The molecule has 0 aliphatic carbocycles. The molecule has 2 aliphatic heterocycles. The van der Waals surface area contributed by atoms with Crippen molar-refractivity contribution in [3.8, 4) is 0 Å².